The molecule has 1 unspecified atom stereocenters. The van der Waals surface area contributed by atoms with Crippen molar-refractivity contribution in [2.45, 2.75) is 32.4 Å². The minimum absolute atomic E-state index is 0.241. The van der Waals surface area contributed by atoms with E-state index in [0.29, 0.717) is 18.7 Å². The highest BCUT2D eigenvalue weighted by Crippen LogP contribution is 2.15. The Kier molecular flexibility index (Phi) is 5.91. The van der Waals surface area contributed by atoms with Gasteiger partial charge in [0.15, 0.2) is 0 Å². The first kappa shape index (κ1) is 16.0. The van der Waals surface area contributed by atoms with E-state index >= 15 is 0 Å². The van der Waals surface area contributed by atoms with Crippen LogP contribution in [-0.2, 0) is 6.54 Å². The van der Waals surface area contributed by atoms with E-state index in [0.717, 1.165) is 12.0 Å². The molecule has 2 aromatic rings. The molecule has 2 amide bonds. The van der Waals surface area contributed by atoms with Crippen LogP contribution in [0.4, 0.5) is 10.5 Å². The van der Waals surface area contributed by atoms with Gasteiger partial charge in [-0.15, -0.1) is 0 Å². The van der Waals surface area contributed by atoms with Crippen molar-refractivity contribution in [2.75, 3.05) is 11.9 Å². The van der Waals surface area contributed by atoms with E-state index in [2.05, 4.69) is 20.7 Å². The van der Waals surface area contributed by atoms with Gasteiger partial charge in [-0.3, -0.25) is 0 Å². The summed E-state index contributed by atoms with van der Waals surface area (Å²) in [7, 11) is 0. The highest BCUT2D eigenvalue weighted by Gasteiger charge is 2.09. The van der Waals surface area contributed by atoms with Crippen LogP contribution in [0.5, 0.6) is 0 Å². The van der Waals surface area contributed by atoms with E-state index in [9.17, 15) is 9.90 Å². The van der Waals surface area contributed by atoms with Crippen LogP contribution < -0.4 is 10.6 Å². The summed E-state index contributed by atoms with van der Waals surface area (Å²) in [5.41, 5.74) is 1.64. The Hall–Kier alpha value is -2.41. The van der Waals surface area contributed by atoms with Crippen LogP contribution in [0.15, 0.2) is 36.9 Å². The number of nitrogens with one attached hydrogen (secondary N) is 2. The number of benzene rings is 1. The van der Waals surface area contributed by atoms with Crippen molar-refractivity contribution in [1.82, 2.24) is 20.1 Å². The summed E-state index contributed by atoms with van der Waals surface area (Å²) in [5, 5.41) is 19.1. The molecule has 1 atom stereocenters. The third-order valence-corrected chi connectivity index (χ3v) is 3.18. The summed E-state index contributed by atoms with van der Waals surface area (Å²) >= 11 is 0. The van der Waals surface area contributed by atoms with Crippen molar-refractivity contribution >= 4 is 11.7 Å². The van der Waals surface area contributed by atoms with Gasteiger partial charge in [0.2, 0.25) is 0 Å². The second kappa shape index (κ2) is 8.14. The monoisotopic (exact) mass is 303 g/mol. The molecular weight excluding hydrogens is 282 g/mol. The third-order valence-electron chi connectivity index (χ3n) is 3.18. The van der Waals surface area contributed by atoms with Crippen molar-refractivity contribution in [1.29, 1.82) is 0 Å². The van der Waals surface area contributed by atoms with Gasteiger partial charge in [0.1, 0.15) is 12.7 Å². The molecule has 22 heavy (non-hydrogen) atoms. The van der Waals surface area contributed by atoms with Crippen LogP contribution in [0.25, 0.3) is 0 Å². The number of anilines is 1. The molecule has 0 saturated carbocycles. The van der Waals surface area contributed by atoms with Crippen molar-refractivity contribution in [3.05, 3.63) is 42.5 Å². The molecule has 1 aromatic carbocycles. The third kappa shape index (κ3) is 4.85. The lowest BCUT2D eigenvalue weighted by Gasteiger charge is -2.14. The molecule has 7 nitrogen and oxygen atoms in total. The molecule has 0 spiro atoms. The average molecular weight is 303 g/mol. The predicted octanol–water partition coefficient (Wildman–Crippen LogP) is 1.61. The molecule has 3 N–H and O–H groups in total. The summed E-state index contributed by atoms with van der Waals surface area (Å²) in [6.45, 7) is 2.75. The van der Waals surface area contributed by atoms with Crippen LogP contribution in [0.3, 0.4) is 0 Å². The van der Waals surface area contributed by atoms with Gasteiger partial charge >= 0.3 is 6.03 Å². The number of rotatable bonds is 7. The minimum Gasteiger partial charge on any atom is -0.391 e. The Morgan fingerprint density at radius 1 is 1.41 bits per heavy atom. The molecule has 0 aliphatic carbocycles. The Balaban J connectivity index is 1.93. The number of urea groups is 1. The normalized spacial score (nSPS) is 11.9. The zero-order valence-electron chi connectivity index (χ0n) is 12.6. The average Bonchev–Trinajstić information content (AvgIpc) is 3.00. The van der Waals surface area contributed by atoms with E-state index in [-0.39, 0.29) is 12.6 Å². The second-order valence-electron chi connectivity index (χ2n) is 5.03. The van der Waals surface area contributed by atoms with Crippen molar-refractivity contribution in [2.24, 2.45) is 0 Å². The summed E-state index contributed by atoms with van der Waals surface area (Å²) in [5.74, 6) is 0. The number of aromatic nitrogens is 3. The quantitative estimate of drug-likeness (QED) is 0.724. The fraction of sp³-hybridized carbons (Fsp3) is 0.400. The maximum absolute atomic E-state index is 11.9. The number of hydrogen-bond acceptors (Lipinski definition) is 4. The number of carbonyl (C=O) groups excluding carboxylic acids is 1. The number of aliphatic hydroxyl groups is 1. The lowest BCUT2D eigenvalue weighted by Crippen LogP contribution is -2.35. The van der Waals surface area contributed by atoms with Gasteiger partial charge in [-0.05, 0) is 18.1 Å². The van der Waals surface area contributed by atoms with Crippen molar-refractivity contribution in [3.8, 4) is 0 Å². The molecule has 1 heterocycles. The summed E-state index contributed by atoms with van der Waals surface area (Å²) < 4.78 is 1.68. The molecule has 0 bridgehead atoms. The molecule has 0 radical (unpaired) electrons. The van der Waals surface area contributed by atoms with Gasteiger partial charge in [-0.25, -0.2) is 14.5 Å². The lowest BCUT2D eigenvalue weighted by molar-refractivity contribution is 0.162. The van der Waals surface area contributed by atoms with Crippen LogP contribution >= 0.6 is 0 Å². The molecule has 7 heteroatoms. The molecule has 0 fully saturated rings. The fourth-order valence-corrected chi connectivity index (χ4v) is 2.08. The summed E-state index contributed by atoms with van der Waals surface area (Å²) in [4.78, 5) is 15.8. The topological polar surface area (TPSA) is 92.1 Å². The van der Waals surface area contributed by atoms with Crippen molar-refractivity contribution < 1.29 is 9.90 Å². The van der Waals surface area contributed by atoms with Gasteiger partial charge in [0.25, 0.3) is 0 Å². The number of carbonyl (C=O) groups is 1. The first-order valence-electron chi connectivity index (χ1n) is 7.32. The van der Waals surface area contributed by atoms with E-state index in [4.69, 9.17) is 0 Å². The number of amides is 2. The fourth-order valence-electron chi connectivity index (χ4n) is 2.08. The van der Waals surface area contributed by atoms with Crippen LogP contribution in [-0.4, -0.2) is 38.6 Å². The Morgan fingerprint density at radius 2 is 2.23 bits per heavy atom. The molecular formula is C15H21N5O2. The molecule has 118 valence electrons. The Bertz CT molecular complexity index is 585. The number of nitrogens with zero attached hydrogens (tertiary/aromatic N) is 3. The first-order chi connectivity index (χ1) is 10.7. The number of para-hydroxylation sites is 1. The number of hydrogen-bond donors (Lipinski definition) is 3. The van der Waals surface area contributed by atoms with E-state index < -0.39 is 6.10 Å². The largest absolute Gasteiger partial charge is 0.391 e. The highest BCUT2D eigenvalue weighted by molar-refractivity contribution is 5.90. The maximum atomic E-state index is 11.9. The SMILES string of the molecule is CCCC(O)CNC(=O)Nc1ccccc1Cn1cncn1. The standard InChI is InChI=1S/C15H21N5O2/c1-2-5-13(21)8-17-15(22)19-14-7-4-3-6-12(14)9-20-11-16-10-18-20/h3-4,6-7,10-11,13,21H,2,5,8-9H2,1H3,(H2,17,19,22). The summed E-state index contributed by atoms with van der Waals surface area (Å²) in [6.07, 6.45) is 4.13. The Morgan fingerprint density at radius 3 is 2.95 bits per heavy atom. The highest BCUT2D eigenvalue weighted by atomic mass is 16.3. The molecule has 2 rings (SSSR count). The van der Waals surface area contributed by atoms with Crippen LogP contribution in [0.2, 0.25) is 0 Å². The first-order valence-corrected chi connectivity index (χ1v) is 7.32. The number of aliphatic hydroxyl groups excluding tert-OH is 1. The minimum atomic E-state index is -0.513. The lowest BCUT2D eigenvalue weighted by atomic mass is 10.2. The van der Waals surface area contributed by atoms with Gasteiger partial charge in [-0.2, -0.15) is 5.10 Å². The van der Waals surface area contributed by atoms with Gasteiger partial charge in [0, 0.05) is 12.2 Å². The van der Waals surface area contributed by atoms with Crippen LogP contribution in [0.1, 0.15) is 25.3 Å². The molecule has 1 aromatic heterocycles. The molecule has 0 saturated heterocycles. The Labute approximate surface area is 129 Å². The zero-order valence-corrected chi connectivity index (χ0v) is 12.6. The maximum Gasteiger partial charge on any atom is 0.319 e. The van der Waals surface area contributed by atoms with Gasteiger partial charge in [-0.1, -0.05) is 31.5 Å². The zero-order chi connectivity index (χ0) is 15.8. The predicted molar refractivity (Wildman–Crippen MR) is 83.5 cm³/mol. The smallest absolute Gasteiger partial charge is 0.319 e. The van der Waals surface area contributed by atoms with E-state index in [1.165, 1.54) is 6.33 Å². The van der Waals surface area contributed by atoms with Crippen LogP contribution in [0, 0.1) is 0 Å². The van der Waals surface area contributed by atoms with E-state index in [1.54, 1.807) is 11.0 Å². The van der Waals surface area contributed by atoms with E-state index in [1.807, 2.05) is 31.2 Å². The summed E-state index contributed by atoms with van der Waals surface area (Å²) in [6, 6.07) is 7.17. The molecule has 0 aliphatic rings. The van der Waals surface area contributed by atoms with Gasteiger partial charge in [0.05, 0.1) is 12.6 Å². The van der Waals surface area contributed by atoms with Gasteiger partial charge < -0.3 is 15.7 Å². The molecule has 0 aliphatic heterocycles. The van der Waals surface area contributed by atoms with Crippen molar-refractivity contribution in [3.63, 3.8) is 0 Å². The second-order valence-corrected chi connectivity index (χ2v) is 5.03.